The summed E-state index contributed by atoms with van der Waals surface area (Å²) < 4.78 is 0. The van der Waals surface area contributed by atoms with Crippen molar-refractivity contribution in [1.82, 2.24) is 0 Å². The molecular formula is C10H16. The second-order valence-corrected chi connectivity index (χ2v) is 3.77. The van der Waals surface area contributed by atoms with Crippen LogP contribution in [0.4, 0.5) is 0 Å². The van der Waals surface area contributed by atoms with Crippen LogP contribution in [-0.2, 0) is 0 Å². The summed E-state index contributed by atoms with van der Waals surface area (Å²) in [5.41, 5.74) is 3.56. The van der Waals surface area contributed by atoms with E-state index in [1.807, 2.05) is 0 Å². The Kier molecular flexibility index (Phi) is 1.55. The molecule has 2 rings (SSSR count). The lowest BCUT2D eigenvalue weighted by molar-refractivity contribution is 0.360. The van der Waals surface area contributed by atoms with Gasteiger partial charge in [0.05, 0.1) is 0 Å². The summed E-state index contributed by atoms with van der Waals surface area (Å²) >= 11 is 0. The number of hydrogen-bond donors (Lipinski definition) is 0. The zero-order valence-corrected chi connectivity index (χ0v) is 6.82. The minimum atomic E-state index is 1.01. The first-order valence-corrected chi connectivity index (χ1v) is 4.56. The van der Waals surface area contributed by atoms with E-state index in [9.17, 15) is 0 Å². The predicted octanol–water partition coefficient (Wildman–Crippen LogP) is 3.29. The molecule has 0 saturated heterocycles. The van der Waals surface area contributed by atoms with Crippen LogP contribution in [0.1, 0.15) is 45.4 Å². The van der Waals surface area contributed by atoms with Crippen LogP contribution in [0.5, 0.6) is 0 Å². The van der Waals surface area contributed by atoms with Crippen LogP contribution < -0.4 is 0 Å². The smallest absolute Gasteiger partial charge is 0.0203 e. The molecule has 2 aliphatic carbocycles. The van der Waals surface area contributed by atoms with Gasteiger partial charge in [0.15, 0.2) is 0 Å². The first-order valence-electron chi connectivity index (χ1n) is 4.56. The SMILES string of the molecule is CC(=C1CCC1)C1CCC1. The van der Waals surface area contributed by atoms with Crippen LogP contribution in [-0.4, -0.2) is 0 Å². The van der Waals surface area contributed by atoms with Crippen molar-refractivity contribution in [2.75, 3.05) is 0 Å². The van der Waals surface area contributed by atoms with E-state index in [4.69, 9.17) is 0 Å². The van der Waals surface area contributed by atoms with Crippen LogP contribution >= 0.6 is 0 Å². The molecule has 56 valence electrons. The number of allylic oxidation sites excluding steroid dienone is 2. The molecule has 0 heteroatoms. The summed E-state index contributed by atoms with van der Waals surface area (Å²) in [5.74, 6) is 1.01. The average molecular weight is 136 g/mol. The van der Waals surface area contributed by atoms with E-state index in [1.165, 1.54) is 38.5 Å². The molecule has 2 saturated carbocycles. The third-order valence-electron chi connectivity index (χ3n) is 3.23. The van der Waals surface area contributed by atoms with Crippen LogP contribution in [0.2, 0.25) is 0 Å². The summed E-state index contributed by atoms with van der Waals surface area (Å²) in [6.45, 7) is 2.36. The molecule has 0 aromatic rings. The van der Waals surface area contributed by atoms with E-state index in [0.29, 0.717) is 0 Å². The van der Waals surface area contributed by atoms with Gasteiger partial charge in [0, 0.05) is 0 Å². The second kappa shape index (κ2) is 2.41. The van der Waals surface area contributed by atoms with Crippen LogP contribution in [0, 0.1) is 5.92 Å². The predicted molar refractivity (Wildman–Crippen MR) is 43.9 cm³/mol. The minimum Gasteiger partial charge on any atom is -0.0710 e. The van der Waals surface area contributed by atoms with Crippen molar-refractivity contribution in [2.24, 2.45) is 5.92 Å². The Morgan fingerprint density at radius 3 is 2.20 bits per heavy atom. The number of hydrogen-bond acceptors (Lipinski definition) is 0. The highest BCUT2D eigenvalue weighted by molar-refractivity contribution is 5.21. The highest BCUT2D eigenvalue weighted by Crippen LogP contribution is 2.39. The van der Waals surface area contributed by atoms with Crippen molar-refractivity contribution in [1.29, 1.82) is 0 Å². The van der Waals surface area contributed by atoms with Gasteiger partial charge in [-0.05, 0) is 44.9 Å². The number of rotatable bonds is 1. The standard InChI is InChI=1S/C10H16/c1-8(9-4-2-5-9)10-6-3-7-10/h9H,2-7H2,1H3. The van der Waals surface area contributed by atoms with Gasteiger partial charge >= 0.3 is 0 Å². The van der Waals surface area contributed by atoms with Gasteiger partial charge in [-0.2, -0.15) is 0 Å². The van der Waals surface area contributed by atoms with Gasteiger partial charge in [-0.15, -0.1) is 0 Å². The second-order valence-electron chi connectivity index (χ2n) is 3.77. The third-order valence-corrected chi connectivity index (χ3v) is 3.23. The molecule has 0 aromatic carbocycles. The maximum atomic E-state index is 2.36. The first kappa shape index (κ1) is 6.45. The lowest BCUT2D eigenvalue weighted by atomic mass is 9.75. The molecule has 2 fully saturated rings. The molecule has 0 atom stereocenters. The summed E-state index contributed by atoms with van der Waals surface area (Å²) in [4.78, 5) is 0. The van der Waals surface area contributed by atoms with Crippen molar-refractivity contribution < 1.29 is 0 Å². The quantitative estimate of drug-likeness (QED) is 0.485. The minimum absolute atomic E-state index is 1.01. The summed E-state index contributed by atoms with van der Waals surface area (Å²) in [6, 6.07) is 0. The molecule has 0 heterocycles. The summed E-state index contributed by atoms with van der Waals surface area (Å²) in [7, 11) is 0. The van der Waals surface area contributed by atoms with Crippen molar-refractivity contribution in [2.45, 2.75) is 45.4 Å². The molecule has 0 aliphatic heterocycles. The molecule has 10 heavy (non-hydrogen) atoms. The Morgan fingerprint density at radius 2 is 1.90 bits per heavy atom. The van der Waals surface area contributed by atoms with E-state index in [-0.39, 0.29) is 0 Å². The van der Waals surface area contributed by atoms with E-state index in [2.05, 4.69) is 6.92 Å². The zero-order valence-electron chi connectivity index (χ0n) is 6.82. The topological polar surface area (TPSA) is 0 Å². The van der Waals surface area contributed by atoms with Gasteiger partial charge in [0.25, 0.3) is 0 Å². The average Bonchev–Trinajstić information content (AvgIpc) is 1.52. The van der Waals surface area contributed by atoms with Crippen molar-refractivity contribution in [3.63, 3.8) is 0 Å². The van der Waals surface area contributed by atoms with E-state index in [1.54, 1.807) is 11.1 Å². The van der Waals surface area contributed by atoms with Crippen molar-refractivity contribution in [3.8, 4) is 0 Å². The van der Waals surface area contributed by atoms with E-state index in [0.717, 1.165) is 5.92 Å². The lowest BCUT2D eigenvalue weighted by Crippen LogP contribution is -2.15. The largest absolute Gasteiger partial charge is 0.0710 e. The summed E-state index contributed by atoms with van der Waals surface area (Å²) in [5, 5.41) is 0. The fraction of sp³-hybridized carbons (Fsp3) is 0.800. The highest BCUT2D eigenvalue weighted by Gasteiger charge is 2.23. The third kappa shape index (κ3) is 0.902. The van der Waals surface area contributed by atoms with Gasteiger partial charge in [-0.1, -0.05) is 17.6 Å². The first-order chi connectivity index (χ1) is 4.88. The molecule has 0 radical (unpaired) electrons. The fourth-order valence-electron chi connectivity index (χ4n) is 1.88. The fourth-order valence-corrected chi connectivity index (χ4v) is 1.88. The molecule has 0 bridgehead atoms. The van der Waals surface area contributed by atoms with Crippen LogP contribution in [0.3, 0.4) is 0 Å². The Labute approximate surface area is 63.3 Å². The zero-order chi connectivity index (χ0) is 6.97. The van der Waals surface area contributed by atoms with Gasteiger partial charge in [-0.25, -0.2) is 0 Å². The molecule has 0 spiro atoms. The maximum absolute atomic E-state index is 2.36. The Morgan fingerprint density at radius 1 is 1.20 bits per heavy atom. The molecule has 0 N–H and O–H groups in total. The van der Waals surface area contributed by atoms with Gasteiger partial charge in [0.1, 0.15) is 0 Å². The van der Waals surface area contributed by atoms with Crippen molar-refractivity contribution >= 4 is 0 Å². The Hall–Kier alpha value is -0.260. The lowest BCUT2D eigenvalue weighted by Gasteiger charge is -2.31. The van der Waals surface area contributed by atoms with E-state index < -0.39 is 0 Å². The molecule has 0 unspecified atom stereocenters. The molecule has 0 amide bonds. The summed E-state index contributed by atoms with van der Waals surface area (Å²) in [6.07, 6.45) is 8.74. The molecular weight excluding hydrogens is 120 g/mol. The van der Waals surface area contributed by atoms with Gasteiger partial charge in [0.2, 0.25) is 0 Å². The molecule has 2 aliphatic rings. The molecule has 0 nitrogen and oxygen atoms in total. The maximum Gasteiger partial charge on any atom is -0.0203 e. The monoisotopic (exact) mass is 136 g/mol. The normalized spacial score (nSPS) is 25.5. The Balaban J connectivity index is 2.00. The Bertz CT molecular complexity index is 155. The van der Waals surface area contributed by atoms with Gasteiger partial charge < -0.3 is 0 Å². The van der Waals surface area contributed by atoms with Crippen LogP contribution in [0.25, 0.3) is 0 Å². The van der Waals surface area contributed by atoms with Crippen LogP contribution in [0.15, 0.2) is 11.1 Å². The van der Waals surface area contributed by atoms with Crippen molar-refractivity contribution in [3.05, 3.63) is 11.1 Å². The van der Waals surface area contributed by atoms with E-state index >= 15 is 0 Å². The van der Waals surface area contributed by atoms with Gasteiger partial charge in [-0.3, -0.25) is 0 Å². The molecule has 0 aromatic heterocycles. The highest BCUT2D eigenvalue weighted by atomic mass is 14.3.